The molecule has 0 radical (unpaired) electrons. The number of nitrogens with zero attached hydrogens (tertiary/aromatic N) is 2. The molecule has 0 atom stereocenters. The van der Waals surface area contributed by atoms with Gasteiger partial charge in [0.05, 0.1) is 10.7 Å². The lowest BCUT2D eigenvalue weighted by molar-refractivity contribution is 0.628. The lowest BCUT2D eigenvalue weighted by atomic mass is 10.3. The molecule has 1 heterocycles. The minimum atomic E-state index is -0.386. The lowest BCUT2D eigenvalue weighted by Gasteiger charge is -2.10. The van der Waals surface area contributed by atoms with Crippen molar-refractivity contribution in [1.82, 2.24) is 9.97 Å². The first-order chi connectivity index (χ1) is 9.58. The smallest absolute Gasteiger partial charge is 0.223 e. The summed E-state index contributed by atoms with van der Waals surface area (Å²) in [6.45, 7) is 2.82. The van der Waals surface area contributed by atoms with Crippen LogP contribution >= 0.6 is 11.6 Å². The Bertz CT molecular complexity index is 605. The van der Waals surface area contributed by atoms with Crippen LogP contribution in [0.5, 0.6) is 0 Å². The highest BCUT2D eigenvalue weighted by Crippen LogP contribution is 2.26. The van der Waals surface area contributed by atoms with E-state index in [-0.39, 0.29) is 11.8 Å². The molecule has 1 aromatic heterocycles. The summed E-state index contributed by atoms with van der Waals surface area (Å²) in [5, 5.41) is 6.43. The van der Waals surface area contributed by atoms with Crippen LogP contribution < -0.4 is 16.4 Å². The summed E-state index contributed by atoms with van der Waals surface area (Å²) in [5.41, 5.74) is 6.07. The SMILES string of the molecule is CCCNc1cc(Nc2cc(F)ccc2Cl)nc(N)n1. The number of rotatable bonds is 5. The topological polar surface area (TPSA) is 75.9 Å². The van der Waals surface area contributed by atoms with E-state index in [0.717, 1.165) is 13.0 Å². The first-order valence-corrected chi connectivity index (χ1v) is 6.57. The summed E-state index contributed by atoms with van der Waals surface area (Å²) < 4.78 is 13.2. The molecule has 106 valence electrons. The van der Waals surface area contributed by atoms with Crippen LogP contribution in [-0.2, 0) is 0 Å². The summed E-state index contributed by atoms with van der Waals surface area (Å²) in [6.07, 6.45) is 0.961. The van der Waals surface area contributed by atoms with Gasteiger partial charge in [-0.15, -0.1) is 0 Å². The van der Waals surface area contributed by atoms with E-state index in [2.05, 4.69) is 20.6 Å². The molecular formula is C13H15ClFN5. The monoisotopic (exact) mass is 295 g/mol. The van der Waals surface area contributed by atoms with Crippen molar-refractivity contribution in [2.24, 2.45) is 0 Å². The van der Waals surface area contributed by atoms with Crippen LogP contribution in [0, 0.1) is 5.82 Å². The average Bonchev–Trinajstić information content (AvgIpc) is 2.40. The Morgan fingerprint density at radius 3 is 2.75 bits per heavy atom. The number of aromatic nitrogens is 2. The van der Waals surface area contributed by atoms with Crippen molar-refractivity contribution < 1.29 is 4.39 Å². The van der Waals surface area contributed by atoms with E-state index >= 15 is 0 Å². The van der Waals surface area contributed by atoms with Gasteiger partial charge >= 0.3 is 0 Å². The molecule has 5 nitrogen and oxygen atoms in total. The zero-order valence-corrected chi connectivity index (χ0v) is 11.7. The maximum atomic E-state index is 13.2. The standard InChI is InChI=1S/C13H15ClFN5/c1-2-5-17-11-7-12(20-13(16)19-11)18-10-6-8(15)3-4-9(10)14/h3-4,6-7H,2,5H2,1H3,(H4,16,17,18,19,20). The first-order valence-electron chi connectivity index (χ1n) is 6.19. The molecular weight excluding hydrogens is 281 g/mol. The number of hydrogen-bond donors (Lipinski definition) is 3. The highest BCUT2D eigenvalue weighted by atomic mass is 35.5. The number of hydrogen-bond acceptors (Lipinski definition) is 5. The quantitative estimate of drug-likeness (QED) is 0.788. The maximum Gasteiger partial charge on any atom is 0.223 e. The van der Waals surface area contributed by atoms with Gasteiger partial charge in [0.2, 0.25) is 5.95 Å². The van der Waals surface area contributed by atoms with Gasteiger partial charge in [-0.25, -0.2) is 4.39 Å². The summed E-state index contributed by atoms with van der Waals surface area (Å²) in [4.78, 5) is 8.10. The molecule has 0 aliphatic carbocycles. The van der Waals surface area contributed by atoms with E-state index in [1.165, 1.54) is 18.2 Å². The minimum absolute atomic E-state index is 0.126. The first kappa shape index (κ1) is 14.3. The number of benzene rings is 1. The van der Waals surface area contributed by atoms with Crippen molar-refractivity contribution in [3.63, 3.8) is 0 Å². The Morgan fingerprint density at radius 2 is 2.00 bits per heavy atom. The van der Waals surface area contributed by atoms with Crippen LogP contribution in [0.3, 0.4) is 0 Å². The predicted octanol–water partition coefficient (Wildman–Crippen LogP) is 3.42. The molecule has 0 unspecified atom stereocenters. The molecule has 2 rings (SSSR count). The Balaban J connectivity index is 2.24. The van der Waals surface area contributed by atoms with Crippen molar-refractivity contribution in [2.45, 2.75) is 13.3 Å². The minimum Gasteiger partial charge on any atom is -0.370 e. The van der Waals surface area contributed by atoms with E-state index in [9.17, 15) is 4.39 Å². The molecule has 0 spiro atoms. The van der Waals surface area contributed by atoms with Crippen LogP contribution in [0.4, 0.5) is 27.7 Å². The second-order valence-electron chi connectivity index (χ2n) is 4.17. The summed E-state index contributed by atoms with van der Waals surface area (Å²) in [5.74, 6) is 0.794. The third kappa shape index (κ3) is 3.71. The molecule has 20 heavy (non-hydrogen) atoms. The number of nitrogens with one attached hydrogen (secondary N) is 2. The number of anilines is 4. The van der Waals surface area contributed by atoms with Gasteiger partial charge in [-0.3, -0.25) is 0 Å². The second-order valence-corrected chi connectivity index (χ2v) is 4.58. The van der Waals surface area contributed by atoms with E-state index in [1.807, 2.05) is 6.92 Å². The van der Waals surface area contributed by atoms with Crippen LogP contribution in [-0.4, -0.2) is 16.5 Å². The number of nitrogen functional groups attached to an aromatic ring is 1. The Morgan fingerprint density at radius 1 is 1.25 bits per heavy atom. The molecule has 1 aromatic carbocycles. The molecule has 0 saturated carbocycles. The van der Waals surface area contributed by atoms with Crippen molar-refractivity contribution in [2.75, 3.05) is 22.9 Å². The largest absolute Gasteiger partial charge is 0.370 e. The predicted molar refractivity (Wildman–Crippen MR) is 79.9 cm³/mol. The van der Waals surface area contributed by atoms with Gasteiger partial charge in [0.25, 0.3) is 0 Å². The van der Waals surface area contributed by atoms with Gasteiger partial charge in [0.1, 0.15) is 17.5 Å². The van der Waals surface area contributed by atoms with Crippen molar-refractivity contribution >= 4 is 34.9 Å². The van der Waals surface area contributed by atoms with Crippen LogP contribution in [0.15, 0.2) is 24.3 Å². The Kier molecular flexibility index (Phi) is 4.57. The Labute approximate surface area is 121 Å². The molecule has 7 heteroatoms. The zero-order valence-electron chi connectivity index (χ0n) is 11.0. The van der Waals surface area contributed by atoms with Gasteiger partial charge < -0.3 is 16.4 Å². The molecule has 0 bridgehead atoms. The number of nitrogens with two attached hydrogens (primary N) is 1. The van der Waals surface area contributed by atoms with Gasteiger partial charge in [-0.05, 0) is 24.6 Å². The third-order valence-corrected chi connectivity index (χ3v) is 2.82. The van der Waals surface area contributed by atoms with Gasteiger partial charge in [0, 0.05) is 12.6 Å². The Hall–Kier alpha value is -2.08. The normalized spacial score (nSPS) is 10.3. The fraction of sp³-hybridized carbons (Fsp3) is 0.231. The van der Waals surface area contributed by atoms with Crippen molar-refractivity contribution in [1.29, 1.82) is 0 Å². The average molecular weight is 296 g/mol. The summed E-state index contributed by atoms with van der Waals surface area (Å²) in [6, 6.07) is 5.74. The van der Waals surface area contributed by atoms with Crippen molar-refractivity contribution in [3.05, 3.63) is 35.1 Å². The van der Waals surface area contributed by atoms with E-state index in [1.54, 1.807) is 6.07 Å². The van der Waals surface area contributed by atoms with E-state index in [4.69, 9.17) is 17.3 Å². The van der Waals surface area contributed by atoms with E-state index < -0.39 is 0 Å². The lowest BCUT2D eigenvalue weighted by Crippen LogP contribution is -2.07. The maximum absolute atomic E-state index is 13.2. The van der Waals surface area contributed by atoms with Crippen LogP contribution in [0.25, 0.3) is 0 Å². The number of halogens is 2. The van der Waals surface area contributed by atoms with Gasteiger partial charge in [-0.2, -0.15) is 9.97 Å². The van der Waals surface area contributed by atoms with Gasteiger partial charge in [0.15, 0.2) is 0 Å². The summed E-state index contributed by atoms with van der Waals surface area (Å²) >= 11 is 5.99. The molecule has 2 aromatic rings. The van der Waals surface area contributed by atoms with Gasteiger partial charge in [-0.1, -0.05) is 18.5 Å². The zero-order chi connectivity index (χ0) is 14.5. The molecule has 0 amide bonds. The highest BCUT2D eigenvalue weighted by molar-refractivity contribution is 6.33. The molecule has 0 aliphatic heterocycles. The fourth-order valence-corrected chi connectivity index (χ4v) is 1.77. The highest BCUT2D eigenvalue weighted by Gasteiger charge is 2.06. The molecule has 0 aliphatic rings. The summed E-state index contributed by atoms with van der Waals surface area (Å²) in [7, 11) is 0. The second kappa shape index (κ2) is 6.38. The molecule has 0 fully saturated rings. The van der Waals surface area contributed by atoms with Crippen molar-refractivity contribution in [3.8, 4) is 0 Å². The van der Waals surface area contributed by atoms with E-state index in [0.29, 0.717) is 22.3 Å². The van der Waals surface area contributed by atoms with Crippen LogP contribution in [0.2, 0.25) is 5.02 Å². The molecule has 0 saturated heterocycles. The third-order valence-electron chi connectivity index (χ3n) is 2.49. The fourth-order valence-electron chi connectivity index (χ4n) is 1.60. The van der Waals surface area contributed by atoms with Crippen LogP contribution in [0.1, 0.15) is 13.3 Å². The molecule has 4 N–H and O–H groups in total.